The molecule has 1 saturated heterocycles. The number of nitrogens with one attached hydrogen (secondary N) is 2. The Hall–Kier alpha value is -1.25. The number of pyridine rings is 1. The number of nitrogens with zero attached hydrogens (tertiary/aromatic N) is 2. The van der Waals surface area contributed by atoms with E-state index >= 15 is 0 Å². The predicted octanol–water partition coefficient (Wildman–Crippen LogP) is 6.49. The van der Waals surface area contributed by atoms with Gasteiger partial charge in [0, 0.05) is 27.1 Å². The Morgan fingerprint density at radius 1 is 1.24 bits per heavy atom. The highest BCUT2D eigenvalue weighted by Gasteiger charge is 2.15. The van der Waals surface area contributed by atoms with Crippen LogP contribution in [-0.2, 0) is 0 Å². The number of thiazole rings is 1. The van der Waals surface area contributed by atoms with Crippen LogP contribution in [0.1, 0.15) is 18.5 Å². The van der Waals surface area contributed by atoms with Crippen molar-refractivity contribution in [3.8, 4) is 0 Å². The summed E-state index contributed by atoms with van der Waals surface area (Å²) in [5.74, 6) is 2.73. The third kappa shape index (κ3) is 5.89. The van der Waals surface area contributed by atoms with Crippen LogP contribution in [0.25, 0.3) is 0 Å². The number of piperidine rings is 1. The lowest BCUT2D eigenvalue weighted by Crippen LogP contribution is -2.28. The molecule has 0 amide bonds. The highest BCUT2D eigenvalue weighted by Crippen LogP contribution is 2.39. The number of hydrogen-bond acceptors (Lipinski definition) is 7. The molecule has 3 heterocycles. The van der Waals surface area contributed by atoms with Gasteiger partial charge in [0.2, 0.25) is 0 Å². The molecule has 2 aromatic heterocycles. The van der Waals surface area contributed by atoms with Crippen LogP contribution < -0.4 is 10.6 Å². The maximum Gasteiger partial charge on any atom is 0.188 e. The summed E-state index contributed by atoms with van der Waals surface area (Å²) in [7, 11) is 0. The van der Waals surface area contributed by atoms with Gasteiger partial charge in [0.1, 0.15) is 5.82 Å². The van der Waals surface area contributed by atoms with Gasteiger partial charge in [-0.2, -0.15) is 0 Å². The molecule has 0 bridgehead atoms. The predicted molar refractivity (Wildman–Crippen MR) is 126 cm³/mol. The summed E-state index contributed by atoms with van der Waals surface area (Å²) in [5.41, 5.74) is 1.01. The minimum atomic E-state index is 0.751. The molecule has 4 rings (SSSR count). The number of halogens is 1. The van der Waals surface area contributed by atoms with Gasteiger partial charge in [0.15, 0.2) is 5.13 Å². The summed E-state index contributed by atoms with van der Waals surface area (Å²) < 4.78 is 0. The van der Waals surface area contributed by atoms with Crippen molar-refractivity contribution < 1.29 is 0 Å². The molecule has 1 aromatic carbocycles. The molecular formula is C21H23ClN4S3. The summed E-state index contributed by atoms with van der Waals surface area (Å²) in [5, 5.41) is 10.5. The number of aryl methyl sites for hydroxylation is 1. The van der Waals surface area contributed by atoms with Crippen LogP contribution in [0.15, 0.2) is 56.6 Å². The first-order valence-corrected chi connectivity index (χ1v) is 12.7. The van der Waals surface area contributed by atoms with Gasteiger partial charge in [-0.15, -0.1) is 23.1 Å². The highest BCUT2D eigenvalue weighted by atomic mass is 35.5. The monoisotopic (exact) mass is 462 g/mol. The van der Waals surface area contributed by atoms with E-state index in [-0.39, 0.29) is 0 Å². The van der Waals surface area contributed by atoms with Crippen LogP contribution in [0.3, 0.4) is 0 Å². The fraction of sp³-hybridized carbons (Fsp3) is 0.333. The molecule has 1 aliphatic rings. The van der Waals surface area contributed by atoms with Gasteiger partial charge in [-0.3, -0.25) is 0 Å². The van der Waals surface area contributed by atoms with Crippen molar-refractivity contribution in [2.75, 3.05) is 24.2 Å². The zero-order chi connectivity index (χ0) is 20.1. The summed E-state index contributed by atoms with van der Waals surface area (Å²) >= 11 is 11.5. The largest absolute Gasteiger partial charge is 0.317 e. The second-order valence-corrected chi connectivity index (χ2v) is 10.4. The van der Waals surface area contributed by atoms with Crippen LogP contribution in [0.4, 0.5) is 10.9 Å². The number of hydrogen-bond donors (Lipinski definition) is 2. The first kappa shape index (κ1) is 21.0. The average molecular weight is 463 g/mol. The topological polar surface area (TPSA) is 49.8 Å². The van der Waals surface area contributed by atoms with E-state index in [1.807, 2.05) is 54.5 Å². The summed E-state index contributed by atoms with van der Waals surface area (Å²) in [6, 6.07) is 10.1. The molecule has 1 fully saturated rings. The van der Waals surface area contributed by atoms with Crippen molar-refractivity contribution >= 4 is 57.4 Å². The lowest BCUT2D eigenvalue weighted by atomic mass is 10.0. The molecule has 152 valence electrons. The summed E-state index contributed by atoms with van der Waals surface area (Å²) in [6.07, 6.45) is 4.47. The van der Waals surface area contributed by atoms with E-state index in [1.54, 1.807) is 23.1 Å². The smallest absolute Gasteiger partial charge is 0.188 e. The Morgan fingerprint density at radius 3 is 2.83 bits per heavy atom. The van der Waals surface area contributed by atoms with Crippen LogP contribution in [0.5, 0.6) is 0 Å². The number of thioether (sulfide) groups is 1. The van der Waals surface area contributed by atoms with Crippen molar-refractivity contribution in [1.29, 1.82) is 0 Å². The van der Waals surface area contributed by atoms with Gasteiger partial charge < -0.3 is 10.6 Å². The van der Waals surface area contributed by atoms with E-state index in [4.69, 9.17) is 16.6 Å². The standard InChI is InChI=1S/C21H23ClN4S3/c1-14-12-28-21(25-14)26-20-19(29-18-5-3-2-4-17(18)22)10-16(11-24-20)27-13-15-6-8-23-9-7-15/h2-5,10-12,15,23H,6-9,13H2,1H3,(H,24,25,26). The molecule has 3 aromatic rings. The van der Waals surface area contributed by atoms with E-state index in [9.17, 15) is 0 Å². The zero-order valence-corrected chi connectivity index (χ0v) is 19.4. The Labute approximate surface area is 189 Å². The Kier molecular flexibility index (Phi) is 7.37. The number of anilines is 2. The van der Waals surface area contributed by atoms with Crippen molar-refractivity contribution in [3.63, 3.8) is 0 Å². The third-order valence-electron chi connectivity index (χ3n) is 4.67. The Balaban J connectivity index is 1.55. The third-order valence-corrected chi connectivity index (χ3v) is 8.29. The quantitative estimate of drug-likeness (QED) is 0.391. The minimum absolute atomic E-state index is 0.751. The van der Waals surface area contributed by atoms with Crippen LogP contribution >= 0.6 is 46.5 Å². The molecule has 0 unspecified atom stereocenters. The molecule has 29 heavy (non-hydrogen) atoms. The number of aromatic nitrogens is 2. The molecule has 2 N–H and O–H groups in total. The molecule has 0 spiro atoms. The molecule has 0 saturated carbocycles. The normalized spacial score (nSPS) is 14.8. The van der Waals surface area contributed by atoms with Crippen molar-refractivity contribution in [1.82, 2.24) is 15.3 Å². The molecule has 0 atom stereocenters. The van der Waals surface area contributed by atoms with Gasteiger partial charge in [-0.05, 0) is 57.0 Å². The maximum absolute atomic E-state index is 6.41. The van der Waals surface area contributed by atoms with Crippen LogP contribution in [-0.4, -0.2) is 28.8 Å². The van der Waals surface area contributed by atoms with Crippen molar-refractivity contribution in [2.45, 2.75) is 34.5 Å². The number of rotatable bonds is 7. The zero-order valence-electron chi connectivity index (χ0n) is 16.2. The van der Waals surface area contributed by atoms with E-state index in [2.05, 4.69) is 21.7 Å². The van der Waals surface area contributed by atoms with E-state index in [0.717, 1.165) is 56.2 Å². The first-order chi connectivity index (χ1) is 14.2. The van der Waals surface area contributed by atoms with Gasteiger partial charge >= 0.3 is 0 Å². The SMILES string of the molecule is Cc1csc(Nc2ncc(SCC3CCNCC3)cc2Sc2ccccc2Cl)n1. The van der Waals surface area contributed by atoms with Gasteiger partial charge in [-0.25, -0.2) is 9.97 Å². The molecule has 0 radical (unpaired) electrons. The van der Waals surface area contributed by atoms with Gasteiger partial charge in [-0.1, -0.05) is 35.5 Å². The van der Waals surface area contributed by atoms with Gasteiger partial charge in [0.05, 0.1) is 15.6 Å². The fourth-order valence-corrected chi connectivity index (χ4v) is 6.14. The second kappa shape index (κ2) is 10.2. The van der Waals surface area contributed by atoms with Crippen molar-refractivity contribution in [3.05, 3.63) is 52.6 Å². The second-order valence-electron chi connectivity index (χ2n) is 6.97. The fourth-order valence-electron chi connectivity index (χ4n) is 3.10. The van der Waals surface area contributed by atoms with Crippen molar-refractivity contribution in [2.24, 2.45) is 5.92 Å². The van der Waals surface area contributed by atoms with E-state index in [0.29, 0.717) is 0 Å². The Morgan fingerprint density at radius 2 is 2.07 bits per heavy atom. The average Bonchev–Trinajstić information content (AvgIpc) is 3.15. The maximum atomic E-state index is 6.41. The molecular weight excluding hydrogens is 440 g/mol. The van der Waals surface area contributed by atoms with Gasteiger partial charge in [0.25, 0.3) is 0 Å². The van der Waals surface area contributed by atoms with E-state index < -0.39 is 0 Å². The molecule has 0 aliphatic carbocycles. The lowest BCUT2D eigenvalue weighted by molar-refractivity contribution is 0.408. The lowest BCUT2D eigenvalue weighted by Gasteiger charge is -2.22. The molecule has 4 nitrogen and oxygen atoms in total. The summed E-state index contributed by atoms with van der Waals surface area (Å²) in [4.78, 5) is 12.5. The summed E-state index contributed by atoms with van der Waals surface area (Å²) in [6.45, 7) is 4.26. The van der Waals surface area contributed by atoms with Crippen LogP contribution in [0, 0.1) is 12.8 Å². The first-order valence-electron chi connectivity index (χ1n) is 9.62. The van der Waals surface area contributed by atoms with E-state index in [1.165, 1.54) is 17.7 Å². The van der Waals surface area contributed by atoms with Crippen LogP contribution in [0.2, 0.25) is 5.02 Å². The number of benzene rings is 1. The highest BCUT2D eigenvalue weighted by molar-refractivity contribution is 8.00. The molecule has 1 aliphatic heterocycles. The minimum Gasteiger partial charge on any atom is -0.317 e. The molecule has 8 heteroatoms. The Bertz CT molecular complexity index is 957.